The van der Waals surface area contributed by atoms with Gasteiger partial charge in [-0.1, -0.05) is 0 Å². The Labute approximate surface area is 118 Å². The molecular weight excluding hydrogens is 314 g/mol. The molecule has 1 atom stereocenters. The molecule has 0 bridgehead atoms. The van der Waals surface area contributed by atoms with Crippen LogP contribution in [0.15, 0.2) is 12.7 Å². The van der Waals surface area contributed by atoms with Crippen molar-refractivity contribution in [3.05, 3.63) is 12.7 Å². The fourth-order valence-electron chi connectivity index (χ4n) is 1.52. The molecule has 0 aliphatic rings. The predicted octanol–water partition coefficient (Wildman–Crippen LogP) is 4.47. The summed E-state index contributed by atoms with van der Waals surface area (Å²) in [5, 5.41) is 1.15. The summed E-state index contributed by atoms with van der Waals surface area (Å²) in [5.74, 6) is 0. The molecule has 1 unspecified atom stereocenters. The van der Waals surface area contributed by atoms with E-state index in [0.29, 0.717) is 28.2 Å². The molecule has 0 aromatic rings. The molecule has 0 aromatic heterocycles. The second-order valence-corrected chi connectivity index (χ2v) is 9.67. The van der Waals surface area contributed by atoms with Gasteiger partial charge in [0.25, 0.3) is 0 Å². The van der Waals surface area contributed by atoms with E-state index in [9.17, 15) is 4.57 Å². The molecule has 0 radical (unpaired) electrons. The Morgan fingerprint density at radius 3 is 2.33 bits per heavy atom. The van der Waals surface area contributed by atoms with E-state index in [1.807, 2.05) is 19.9 Å². The molecular formula is C13H27O3PSe. The molecule has 0 aliphatic heterocycles. The van der Waals surface area contributed by atoms with Gasteiger partial charge >= 0.3 is 118 Å². The first kappa shape index (κ1) is 18.4. The standard InChI is InChI=1S/C13H27O3PSe/c1-5-9-11-13(18-12-10-6-2)17(14,15-7-3)16-8-4/h5,13H,1,6-12H2,2-4H3. The van der Waals surface area contributed by atoms with Crippen molar-refractivity contribution in [1.82, 2.24) is 0 Å². The van der Waals surface area contributed by atoms with Crippen molar-refractivity contribution in [2.45, 2.75) is 56.3 Å². The van der Waals surface area contributed by atoms with Crippen LogP contribution >= 0.6 is 7.60 Å². The number of allylic oxidation sites excluding steroid dienone is 1. The minimum atomic E-state index is -2.92. The van der Waals surface area contributed by atoms with Gasteiger partial charge in [-0.15, -0.1) is 0 Å². The van der Waals surface area contributed by atoms with E-state index in [-0.39, 0.29) is 4.56 Å². The first-order chi connectivity index (χ1) is 8.64. The topological polar surface area (TPSA) is 35.5 Å². The summed E-state index contributed by atoms with van der Waals surface area (Å²) in [6.07, 6.45) is 6.00. The van der Waals surface area contributed by atoms with E-state index in [1.54, 1.807) is 0 Å². The van der Waals surface area contributed by atoms with Crippen molar-refractivity contribution in [2.75, 3.05) is 13.2 Å². The van der Waals surface area contributed by atoms with Gasteiger partial charge < -0.3 is 0 Å². The second-order valence-electron chi connectivity index (χ2n) is 3.92. The van der Waals surface area contributed by atoms with E-state index in [1.165, 1.54) is 12.8 Å². The quantitative estimate of drug-likeness (QED) is 0.227. The SMILES string of the molecule is C=CCCC([Se]CCCC)P(=O)(OCC)OCC. The molecule has 5 heteroatoms. The molecule has 0 spiro atoms. The van der Waals surface area contributed by atoms with Crippen molar-refractivity contribution in [3.63, 3.8) is 0 Å². The molecule has 18 heavy (non-hydrogen) atoms. The summed E-state index contributed by atoms with van der Waals surface area (Å²) < 4.78 is 23.8. The van der Waals surface area contributed by atoms with Gasteiger partial charge in [-0.3, -0.25) is 0 Å². The van der Waals surface area contributed by atoms with E-state index < -0.39 is 7.60 Å². The maximum absolute atomic E-state index is 12.8. The molecule has 0 aliphatic carbocycles. The molecule has 0 rings (SSSR count). The molecule has 0 fully saturated rings. The van der Waals surface area contributed by atoms with Gasteiger partial charge in [-0.2, -0.15) is 0 Å². The maximum atomic E-state index is 12.8. The van der Waals surface area contributed by atoms with Gasteiger partial charge in [0.2, 0.25) is 0 Å². The number of unbranched alkanes of at least 4 members (excludes halogenated alkanes) is 1. The Morgan fingerprint density at radius 1 is 1.28 bits per heavy atom. The third-order valence-electron chi connectivity index (χ3n) is 2.40. The summed E-state index contributed by atoms with van der Waals surface area (Å²) in [5.41, 5.74) is 0. The van der Waals surface area contributed by atoms with E-state index in [2.05, 4.69) is 13.5 Å². The predicted molar refractivity (Wildman–Crippen MR) is 79.5 cm³/mol. The molecule has 3 nitrogen and oxygen atoms in total. The number of hydrogen-bond acceptors (Lipinski definition) is 3. The Kier molecular flexibility index (Phi) is 11.5. The number of hydrogen-bond donors (Lipinski definition) is 0. The van der Waals surface area contributed by atoms with Crippen LogP contribution in [0.4, 0.5) is 0 Å². The third-order valence-corrected chi connectivity index (χ3v) is 9.40. The third kappa shape index (κ3) is 7.11. The van der Waals surface area contributed by atoms with Crippen LogP contribution in [-0.2, 0) is 13.6 Å². The van der Waals surface area contributed by atoms with Crippen LogP contribution in [0.25, 0.3) is 0 Å². The van der Waals surface area contributed by atoms with Gasteiger partial charge in [0.05, 0.1) is 0 Å². The van der Waals surface area contributed by atoms with Crippen LogP contribution in [0.1, 0.15) is 46.5 Å². The Hall–Kier alpha value is 0.409. The molecule has 0 amide bonds. The summed E-state index contributed by atoms with van der Waals surface area (Å²) in [4.78, 5) is 0. The summed E-state index contributed by atoms with van der Waals surface area (Å²) >= 11 is 0.318. The van der Waals surface area contributed by atoms with E-state index >= 15 is 0 Å². The normalized spacial score (nSPS) is 13.5. The zero-order chi connectivity index (χ0) is 13.9. The van der Waals surface area contributed by atoms with Crippen LogP contribution in [0, 0.1) is 0 Å². The zero-order valence-electron chi connectivity index (χ0n) is 11.9. The van der Waals surface area contributed by atoms with Crippen molar-refractivity contribution in [2.24, 2.45) is 0 Å². The molecule has 0 saturated carbocycles. The van der Waals surface area contributed by atoms with Crippen LogP contribution in [0.2, 0.25) is 5.32 Å². The van der Waals surface area contributed by atoms with Crippen molar-refractivity contribution >= 4 is 22.6 Å². The summed E-state index contributed by atoms with van der Waals surface area (Å²) in [7, 11) is -2.92. The number of rotatable bonds is 12. The molecule has 0 N–H and O–H groups in total. The summed E-state index contributed by atoms with van der Waals surface area (Å²) in [6, 6.07) is 0. The first-order valence-corrected chi connectivity index (χ1v) is 10.6. The Balaban J connectivity index is 4.62. The molecule has 0 aromatic carbocycles. The van der Waals surface area contributed by atoms with Gasteiger partial charge in [0.1, 0.15) is 0 Å². The average Bonchev–Trinajstić information content (AvgIpc) is 2.34. The molecule has 0 heterocycles. The van der Waals surface area contributed by atoms with Gasteiger partial charge in [0, 0.05) is 0 Å². The molecule has 0 saturated heterocycles. The van der Waals surface area contributed by atoms with E-state index in [4.69, 9.17) is 9.05 Å². The van der Waals surface area contributed by atoms with Crippen molar-refractivity contribution in [3.8, 4) is 0 Å². The first-order valence-electron chi connectivity index (χ1n) is 6.75. The van der Waals surface area contributed by atoms with Crippen molar-refractivity contribution < 1.29 is 13.6 Å². The van der Waals surface area contributed by atoms with E-state index in [0.717, 1.165) is 18.2 Å². The Morgan fingerprint density at radius 2 is 1.89 bits per heavy atom. The van der Waals surface area contributed by atoms with Crippen LogP contribution in [-0.4, -0.2) is 32.7 Å². The average molecular weight is 341 g/mol. The van der Waals surface area contributed by atoms with Gasteiger partial charge in [-0.25, -0.2) is 0 Å². The van der Waals surface area contributed by atoms with Crippen LogP contribution in [0.5, 0.6) is 0 Å². The fourth-order valence-corrected chi connectivity index (χ4v) is 7.92. The van der Waals surface area contributed by atoms with Crippen molar-refractivity contribution in [1.29, 1.82) is 0 Å². The fraction of sp³-hybridized carbons (Fsp3) is 0.846. The monoisotopic (exact) mass is 342 g/mol. The van der Waals surface area contributed by atoms with Crippen LogP contribution < -0.4 is 0 Å². The second kappa shape index (κ2) is 11.3. The Bertz CT molecular complexity index is 249. The zero-order valence-corrected chi connectivity index (χ0v) is 14.5. The van der Waals surface area contributed by atoms with Crippen LogP contribution in [0.3, 0.4) is 0 Å². The summed E-state index contributed by atoms with van der Waals surface area (Å²) in [6.45, 7) is 10.6. The minimum absolute atomic E-state index is 0.0782. The van der Waals surface area contributed by atoms with Gasteiger partial charge in [-0.05, 0) is 0 Å². The molecule has 108 valence electrons. The van der Waals surface area contributed by atoms with Gasteiger partial charge in [0.15, 0.2) is 0 Å².